The Bertz CT molecular complexity index is 488. The standard InChI is InChI=1S/C16H21NOS/c1-12(2)17(11-16-5-4-10-19-16)15-8-6-14(7-9-15)13(3)18/h4-10,12-13,18H,11H2,1-3H3/t13-/m1/s1. The van der Waals surface area contributed by atoms with Crippen molar-refractivity contribution in [1.29, 1.82) is 0 Å². The van der Waals surface area contributed by atoms with Crippen LogP contribution < -0.4 is 4.90 Å². The smallest absolute Gasteiger partial charge is 0.0761 e. The molecule has 0 amide bonds. The van der Waals surface area contributed by atoms with E-state index in [0.717, 1.165) is 12.1 Å². The lowest BCUT2D eigenvalue weighted by molar-refractivity contribution is 0.199. The Morgan fingerprint density at radius 1 is 1.11 bits per heavy atom. The topological polar surface area (TPSA) is 23.5 Å². The van der Waals surface area contributed by atoms with Crippen LogP contribution in [0, 0.1) is 0 Å². The van der Waals surface area contributed by atoms with Gasteiger partial charge in [0.1, 0.15) is 0 Å². The van der Waals surface area contributed by atoms with Gasteiger partial charge in [-0.3, -0.25) is 0 Å². The summed E-state index contributed by atoms with van der Waals surface area (Å²) in [5.74, 6) is 0. The molecule has 0 saturated carbocycles. The van der Waals surface area contributed by atoms with E-state index in [1.807, 2.05) is 12.1 Å². The Hall–Kier alpha value is -1.32. The van der Waals surface area contributed by atoms with Gasteiger partial charge in [0.25, 0.3) is 0 Å². The van der Waals surface area contributed by atoms with E-state index in [9.17, 15) is 5.11 Å². The molecule has 2 rings (SSSR count). The molecule has 1 N–H and O–H groups in total. The molecule has 19 heavy (non-hydrogen) atoms. The summed E-state index contributed by atoms with van der Waals surface area (Å²) in [7, 11) is 0. The summed E-state index contributed by atoms with van der Waals surface area (Å²) in [5.41, 5.74) is 2.16. The normalized spacial score (nSPS) is 12.7. The van der Waals surface area contributed by atoms with Crippen molar-refractivity contribution >= 4 is 17.0 Å². The third-order valence-electron chi connectivity index (χ3n) is 3.24. The van der Waals surface area contributed by atoms with Crippen LogP contribution in [-0.4, -0.2) is 11.1 Å². The van der Waals surface area contributed by atoms with E-state index < -0.39 is 6.10 Å². The third-order valence-corrected chi connectivity index (χ3v) is 4.10. The van der Waals surface area contributed by atoms with Gasteiger partial charge < -0.3 is 10.0 Å². The van der Waals surface area contributed by atoms with E-state index in [0.29, 0.717) is 6.04 Å². The fourth-order valence-corrected chi connectivity index (χ4v) is 2.79. The summed E-state index contributed by atoms with van der Waals surface area (Å²) in [5, 5.41) is 11.7. The third kappa shape index (κ3) is 3.58. The molecular weight excluding hydrogens is 254 g/mol. The van der Waals surface area contributed by atoms with Crippen LogP contribution in [0.2, 0.25) is 0 Å². The Morgan fingerprint density at radius 3 is 2.26 bits per heavy atom. The summed E-state index contributed by atoms with van der Waals surface area (Å²) in [6.45, 7) is 7.14. The molecule has 0 aliphatic heterocycles. The molecule has 102 valence electrons. The predicted octanol–water partition coefficient (Wildman–Crippen LogP) is 4.22. The minimum atomic E-state index is -0.404. The van der Waals surface area contributed by atoms with E-state index >= 15 is 0 Å². The molecule has 0 spiro atoms. The van der Waals surface area contributed by atoms with Crippen molar-refractivity contribution in [2.24, 2.45) is 0 Å². The summed E-state index contributed by atoms with van der Waals surface area (Å²) < 4.78 is 0. The number of nitrogens with zero attached hydrogens (tertiary/aromatic N) is 1. The van der Waals surface area contributed by atoms with Gasteiger partial charge in [0.2, 0.25) is 0 Å². The molecule has 2 aromatic rings. The molecule has 0 fully saturated rings. The molecule has 3 heteroatoms. The first-order valence-electron chi connectivity index (χ1n) is 6.65. The average Bonchev–Trinajstić information content (AvgIpc) is 2.88. The molecule has 0 saturated heterocycles. The number of aliphatic hydroxyl groups is 1. The molecule has 0 aliphatic rings. The van der Waals surface area contributed by atoms with Gasteiger partial charge in [-0.1, -0.05) is 18.2 Å². The number of benzene rings is 1. The molecule has 2 nitrogen and oxygen atoms in total. The first-order chi connectivity index (χ1) is 9.08. The Labute approximate surface area is 119 Å². The molecule has 1 atom stereocenters. The molecule has 1 heterocycles. The Morgan fingerprint density at radius 2 is 1.79 bits per heavy atom. The second-order valence-corrected chi connectivity index (χ2v) is 6.10. The summed E-state index contributed by atoms with van der Waals surface area (Å²) >= 11 is 1.79. The van der Waals surface area contributed by atoms with E-state index in [-0.39, 0.29) is 0 Å². The van der Waals surface area contributed by atoms with Crippen LogP contribution in [0.15, 0.2) is 41.8 Å². The van der Waals surface area contributed by atoms with Crippen LogP contribution in [0.1, 0.15) is 37.3 Å². The minimum absolute atomic E-state index is 0.404. The van der Waals surface area contributed by atoms with Gasteiger partial charge in [-0.25, -0.2) is 0 Å². The number of hydrogen-bond donors (Lipinski definition) is 1. The van der Waals surface area contributed by atoms with Crippen LogP contribution in [0.3, 0.4) is 0 Å². The van der Waals surface area contributed by atoms with Crippen molar-refractivity contribution in [3.63, 3.8) is 0 Å². The molecule has 0 bridgehead atoms. The SMILES string of the molecule is CC(C)N(Cc1cccs1)c1ccc([C@@H](C)O)cc1. The van der Waals surface area contributed by atoms with Crippen LogP contribution in [-0.2, 0) is 6.54 Å². The lowest BCUT2D eigenvalue weighted by Crippen LogP contribution is -2.29. The molecule has 0 aliphatic carbocycles. The lowest BCUT2D eigenvalue weighted by atomic mass is 10.1. The largest absolute Gasteiger partial charge is 0.389 e. The fourth-order valence-electron chi connectivity index (χ4n) is 2.09. The number of anilines is 1. The van der Waals surface area contributed by atoms with Crippen molar-refractivity contribution in [2.75, 3.05) is 4.90 Å². The van der Waals surface area contributed by atoms with Crippen molar-refractivity contribution in [1.82, 2.24) is 0 Å². The average molecular weight is 275 g/mol. The zero-order valence-corrected chi connectivity index (χ0v) is 12.5. The van der Waals surface area contributed by atoms with E-state index in [1.165, 1.54) is 10.6 Å². The van der Waals surface area contributed by atoms with Crippen LogP contribution in [0.4, 0.5) is 5.69 Å². The maximum atomic E-state index is 9.56. The Balaban J connectivity index is 2.19. The van der Waals surface area contributed by atoms with Crippen LogP contribution in [0.5, 0.6) is 0 Å². The van der Waals surface area contributed by atoms with E-state index in [1.54, 1.807) is 18.3 Å². The summed E-state index contributed by atoms with van der Waals surface area (Å²) in [6, 6.07) is 12.9. The molecular formula is C16H21NOS. The van der Waals surface area contributed by atoms with Crippen molar-refractivity contribution in [3.8, 4) is 0 Å². The van der Waals surface area contributed by atoms with E-state index in [2.05, 4.69) is 48.4 Å². The molecule has 1 aromatic carbocycles. The summed E-state index contributed by atoms with van der Waals surface area (Å²) in [6.07, 6.45) is -0.404. The monoisotopic (exact) mass is 275 g/mol. The maximum absolute atomic E-state index is 9.56. The highest BCUT2D eigenvalue weighted by atomic mass is 32.1. The van der Waals surface area contributed by atoms with Gasteiger partial charge in [-0.2, -0.15) is 0 Å². The second kappa shape index (κ2) is 6.22. The lowest BCUT2D eigenvalue weighted by Gasteiger charge is -2.29. The molecule has 1 aromatic heterocycles. The van der Waals surface area contributed by atoms with Gasteiger partial charge in [-0.05, 0) is 49.9 Å². The number of hydrogen-bond acceptors (Lipinski definition) is 3. The number of thiophene rings is 1. The van der Waals surface area contributed by atoms with Gasteiger partial charge in [0.15, 0.2) is 0 Å². The first kappa shape index (κ1) is 14.1. The number of rotatable bonds is 5. The second-order valence-electron chi connectivity index (χ2n) is 5.07. The highest BCUT2D eigenvalue weighted by molar-refractivity contribution is 7.09. The first-order valence-corrected chi connectivity index (χ1v) is 7.53. The molecule has 0 unspecified atom stereocenters. The van der Waals surface area contributed by atoms with Crippen molar-refractivity contribution in [3.05, 3.63) is 52.2 Å². The molecule has 0 radical (unpaired) electrons. The van der Waals surface area contributed by atoms with E-state index in [4.69, 9.17) is 0 Å². The van der Waals surface area contributed by atoms with Crippen molar-refractivity contribution in [2.45, 2.75) is 39.5 Å². The van der Waals surface area contributed by atoms with Crippen molar-refractivity contribution < 1.29 is 5.11 Å². The predicted molar refractivity (Wildman–Crippen MR) is 82.7 cm³/mol. The van der Waals surface area contributed by atoms with Gasteiger partial charge in [-0.15, -0.1) is 11.3 Å². The Kier molecular flexibility index (Phi) is 4.61. The quantitative estimate of drug-likeness (QED) is 0.883. The highest BCUT2D eigenvalue weighted by Crippen LogP contribution is 2.24. The van der Waals surface area contributed by atoms with Gasteiger partial charge in [0.05, 0.1) is 12.6 Å². The van der Waals surface area contributed by atoms with Gasteiger partial charge in [0, 0.05) is 16.6 Å². The van der Waals surface area contributed by atoms with Gasteiger partial charge >= 0.3 is 0 Å². The maximum Gasteiger partial charge on any atom is 0.0761 e. The minimum Gasteiger partial charge on any atom is -0.389 e. The number of aliphatic hydroxyl groups excluding tert-OH is 1. The fraction of sp³-hybridized carbons (Fsp3) is 0.375. The zero-order chi connectivity index (χ0) is 13.8. The highest BCUT2D eigenvalue weighted by Gasteiger charge is 2.12. The van der Waals surface area contributed by atoms with Crippen LogP contribution >= 0.6 is 11.3 Å². The zero-order valence-electron chi connectivity index (χ0n) is 11.7. The summed E-state index contributed by atoms with van der Waals surface area (Å²) in [4.78, 5) is 3.74. The van der Waals surface area contributed by atoms with Crippen LogP contribution in [0.25, 0.3) is 0 Å².